The van der Waals surface area contributed by atoms with Crippen LogP contribution in [0.3, 0.4) is 0 Å². The summed E-state index contributed by atoms with van der Waals surface area (Å²) in [6.07, 6.45) is 7.90. The zero-order chi connectivity index (χ0) is 9.68. The van der Waals surface area contributed by atoms with Crippen molar-refractivity contribution in [2.75, 3.05) is 6.79 Å². The van der Waals surface area contributed by atoms with Crippen molar-refractivity contribution < 1.29 is 9.47 Å². The molecule has 1 aliphatic rings. The second-order valence-corrected chi connectivity index (χ2v) is 3.24. The first-order valence-corrected chi connectivity index (χ1v) is 4.54. The third kappa shape index (κ3) is 2.98. The van der Waals surface area contributed by atoms with E-state index >= 15 is 0 Å². The number of ether oxygens (including phenoxy) is 2. The summed E-state index contributed by atoms with van der Waals surface area (Å²) < 4.78 is 10.5. The minimum Gasteiger partial charge on any atom is -0.454 e. The third-order valence-corrected chi connectivity index (χ3v) is 1.62. The molecule has 2 nitrogen and oxygen atoms in total. The zero-order valence-electron chi connectivity index (χ0n) is 8.41. The summed E-state index contributed by atoms with van der Waals surface area (Å²) in [5.74, 6) is 2.18. The Bertz CT molecular complexity index is 247. The van der Waals surface area contributed by atoms with E-state index in [-0.39, 0.29) is 0 Å². The van der Waals surface area contributed by atoms with Gasteiger partial charge in [0.2, 0.25) is 6.79 Å². The molecule has 0 radical (unpaired) electrons. The molecule has 0 aromatic rings. The molecule has 1 heterocycles. The highest BCUT2D eigenvalue weighted by Gasteiger charge is 2.11. The van der Waals surface area contributed by atoms with Gasteiger partial charge in [0.1, 0.15) is 0 Å². The fourth-order valence-electron chi connectivity index (χ4n) is 0.990. The van der Waals surface area contributed by atoms with Gasteiger partial charge in [-0.3, -0.25) is 0 Å². The summed E-state index contributed by atoms with van der Waals surface area (Å²) >= 11 is 0. The van der Waals surface area contributed by atoms with E-state index < -0.39 is 0 Å². The van der Waals surface area contributed by atoms with Crippen LogP contribution in [-0.4, -0.2) is 6.79 Å². The zero-order valence-corrected chi connectivity index (χ0v) is 8.41. The Hall–Kier alpha value is -1.18. The van der Waals surface area contributed by atoms with Crippen LogP contribution in [0.25, 0.3) is 0 Å². The van der Waals surface area contributed by atoms with Crippen molar-refractivity contribution in [2.24, 2.45) is 5.92 Å². The Morgan fingerprint density at radius 3 is 2.31 bits per heavy atom. The summed E-state index contributed by atoms with van der Waals surface area (Å²) in [7, 11) is 0. The Balaban J connectivity index is 2.70. The van der Waals surface area contributed by atoms with E-state index in [0.717, 1.165) is 11.5 Å². The molecule has 0 saturated carbocycles. The van der Waals surface area contributed by atoms with E-state index in [1.807, 2.05) is 25.2 Å². The summed E-state index contributed by atoms with van der Waals surface area (Å²) in [4.78, 5) is 0. The smallest absolute Gasteiger partial charge is 0.231 e. The molecule has 0 amide bonds. The maximum Gasteiger partial charge on any atom is 0.231 e. The summed E-state index contributed by atoms with van der Waals surface area (Å²) in [6, 6.07) is 0. The Labute approximate surface area is 79.5 Å². The van der Waals surface area contributed by atoms with Crippen LogP contribution in [0.4, 0.5) is 0 Å². The van der Waals surface area contributed by atoms with E-state index in [9.17, 15) is 0 Å². The van der Waals surface area contributed by atoms with E-state index in [2.05, 4.69) is 19.9 Å². The summed E-state index contributed by atoms with van der Waals surface area (Å²) in [5.41, 5.74) is 0. The van der Waals surface area contributed by atoms with Gasteiger partial charge in [-0.2, -0.15) is 0 Å². The second kappa shape index (κ2) is 4.75. The predicted octanol–water partition coefficient (Wildman–Crippen LogP) is 2.99. The molecular formula is C11H16O2. The molecule has 2 heteroatoms. The van der Waals surface area contributed by atoms with E-state index in [0.29, 0.717) is 12.7 Å². The highest BCUT2D eigenvalue weighted by atomic mass is 16.7. The maximum absolute atomic E-state index is 5.29. The van der Waals surface area contributed by atoms with Gasteiger partial charge < -0.3 is 9.47 Å². The number of hydrogen-bond acceptors (Lipinski definition) is 2. The van der Waals surface area contributed by atoms with Gasteiger partial charge in [0.15, 0.2) is 11.5 Å². The number of hydrogen-bond donors (Lipinski definition) is 0. The standard InChI is InChI=1S/C11H16O2/c1-4-5-10-11(13-8-12-10)7-6-9(2)3/h4-7,9H,8H2,1-3H3/b5-4-,7-6-. The van der Waals surface area contributed by atoms with Crippen molar-refractivity contribution in [3.05, 3.63) is 35.8 Å². The largest absolute Gasteiger partial charge is 0.454 e. The minimum absolute atomic E-state index is 0.331. The van der Waals surface area contributed by atoms with Crippen LogP contribution >= 0.6 is 0 Å². The molecule has 72 valence electrons. The average molecular weight is 180 g/mol. The van der Waals surface area contributed by atoms with Crippen LogP contribution in [0.15, 0.2) is 35.8 Å². The molecule has 0 N–H and O–H groups in total. The first-order valence-electron chi connectivity index (χ1n) is 4.54. The lowest BCUT2D eigenvalue weighted by molar-refractivity contribution is 0.0777. The SMILES string of the molecule is C/C=C\C1=C(/C=C\C(C)C)OCO1. The fourth-order valence-corrected chi connectivity index (χ4v) is 0.990. The maximum atomic E-state index is 5.29. The van der Waals surface area contributed by atoms with Crippen LogP contribution in [-0.2, 0) is 9.47 Å². The fraction of sp³-hybridized carbons (Fsp3) is 0.455. The number of rotatable bonds is 3. The van der Waals surface area contributed by atoms with Gasteiger partial charge in [0, 0.05) is 0 Å². The Morgan fingerprint density at radius 1 is 1.15 bits per heavy atom. The first kappa shape index (κ1) is 9.90. The Kier molecular flexibility index (Phi) is 3.62. The monoisotopic (exact) mass is 180 g/mol. The summed E-state index contributed by atoms with van der Waals surface area (Å²) in [6.45, 7) is 6.54. The van der Waals surface area contributed by atoms with E-state index in [1.165, 1.54) is 0 Å². The van der Waals surface area contributed by atoms with E-state index in [4.69, 9.17) is 9.47 Å². The van der Waals surface area contributed by atoms with Crippen LogP contribution in [0.2, 0.25) is 0 Å². The molecule has 0 unspecified atom stereocenters. The average Bonchev–Trinajstić information content (AvgIpc) is 2.49. The van der Waals surface area contributed by atoms with Gasteiger partial charge in [-0.25, -0.2) is 0 Å². The molecule has 0 fully saturated rings. The van der Waals surface area contributed by atoms with Crippen molar-refractivity contribution in [3.63, 3.8) is 0 Å². The highest BCUT2D eigenvalue weighted by molar-refractivity contribution is 5.26. The van der Waals surface area contributed by atoms with Gasteiger partial charge >= 0.3 is 0 Å². The lowest BCUT2D eigenvalue weighted by Crippen LogP contribution is -1.83. The molecule has 0 spiro atoms. The van der Waals surface area contributed by atoms with E-state index in [1.54, 1.807) is 0 Å². The first-order chi connectivity index (χ1) is 6.24. The molecule has 0 saturated heterocycles. The van der Waals surface area contributed by atoms with Gasteiger partial charge in [-0.05, 0) is 25.0 Å². The minimum atomic E-state index is 0.331. The van der Waals surface area contributed by atoms with Crippen LogP contribution < -0.4 is 0 Å². The topological polar surface area (TPSA) is 18.5 Å². The molecule has 0 bridgehead atoms. The van der Waals surface area contributed by atoms with Crippen LogP contribution in [0, 0.1) is 5.92 Å². The molecule has 0 aromatic heterocycles. The second-order valence-electron chi connectivity index (χ2n) is 3.24. The normalized spacial score (nSPS) is 17.5. The molecule has 0 atom stereocenters. The summed E-state index contributed by atoms with van der Waals surface area (Å²) in [5, 5.41) is 0. The number of allylic oxidation sites excluding steroid dienone is 4. The molecular weight excluding hydrogens is 164 g/mol. The van der Waals surface area contributed by atoms with Crippen molar-refractivity contribution in [2.45, 2.75) is 20.8 Å². The van der Waals surface area contributed by atoms with Gasteiger partial charge in [-0.1, -0.05) is 26.0 Å². The van der Waals surface area contributed by atoms with Crippen molar-refractivity contribution in [1.82, 2.24) is 0 Å². The lowest BCUT2D eigenvalue weighted by atomic mass is 10.2. The van der Waals surface area contributed by atoms with Crippen molar-refractivity contribution in [3.8, 4) is 0 Å². The van der Waals surface area contributed by atoms with Gasteiger partial charge in [0.25, 0.3) is 0 Å². The van der Waals surface area contributed by atoms with Crippen LogP contribution in [0.1, 0.15) is 20.8 Å². The van der Waals surface area contributed by atoms with Crippen LogP contribution in [0.5, 0.6) is 0 Å². The van der Waals surface area contributed by atoms with Gasteiger partial charge in [-0.15, -0.1) is 0 Å². The quantitative estimate of drug-likeness (QED) is 0.664. The predicted molar refractivity (Wildman–Crippen MR) is 52.9 cm³/mol. The molecule has 1 aliphatic heterocycles. The molecule has 13 heavy (non-hydrogen) atoms. The van der Waals surface area contributed by atoms with Crippen molar-refractivity contribution in [1.29, 1.82) is 0 Å². The molecule has 1 rings (SSSR count). The lowest BCUT2D eigenvalue weighted by Gasteiger charge is -1.95. The van der Waals surface area contributed by atoms with Gasteiger partial charge in [0.05, 0.1) is 0 Å². The Morgan fingerprint density at radius 2 is 1.77 bits per heavy atom. The van der Waals surface area contributed by atoms with Crippen molar-refractivity contribution >= 4 is 0 Å². The molecule has 0 aliphatic carbocycles. The third-order valence-electron chi connectivity index (χ3n) is 1.62. The molecule has 0 aromatic carbocycles. The highest BCUT2D eigenvalue weighted by Crippen LogP contribution is 2.19.